The van der Waals surface area contributed by atoms with Gasteiger partial charge in [-0.2, -0.15) is 0 Å². The standard InChI is InChI=1S/C26H22FN5O/c1-16-5-4-6-19(15-16)29-26(33)22-23-25(31-21-8-3-2-7-20(21)30-23)32(24(22)28)14-13-17-9-11-18(27)12-10-17/h2-12,15H,13-14,28H2,1H3,(H,29,33). The summed E-state index contributed by atoms with van der Waals surface area (Å²) in [4.78, 5) is 22.8. The van der Waals surface area contributed by atoms with E-state index >= 15 is 0 Å². The molecule has 0 aliphatic carbocycles. The maximum atomic E-state index is 13.3. The summed E-state index contributed by atoms with van der Waals surface area (Å²) in [6.07, 6.45) is 0.599. The fraction of sp³-hybridized carbons (Fsp3) is 0.115. The van der Waals surface area contributed by atoms with Gasteiger partial charge in [0, 0.05) is 12.2 Å². The summed E-state index contributed by atoms with van der Waals surface area (Å²) in [6, 6.07) is 21.4. The van der Waals surface area contributed by atoms with Gasteiger partial charge < -0.3 is 15.6 Å². The fourth-order valence-corrected chi connectivity index (χ4v) is 3.98. The second-order valence-electron chi connectivity index (χ2n) is 8.00. The number of hydrogen-bond acceptors (Lipinski definition) is 4. The first-order valence-corrected chi connectivity index (χ1v) is 10.7. The number of nitrogens with zero attached hydrogens (tertiary/aromatic N) is 3. The molecule has 5 rings (SSSR count). The number of carbonyl (C=O) groups is 1. The van der Waals surface area contributed by atoms with E-state index in [1.807, 2.05) is 60.0 Å². The molecule has 6 nitrogen and oxygen atoms in total. The molecule has 0 atom stereocenters. The Balaban J connectivity index is 1.59. The topological polar surface area (TPSA) is 85.8 Å². The van der Waals surface area contributed by atoms with Crippen molar-refractivity contribution in [1.29, 1.82) is 0 Å². The molecule has 5 aromatic rings. The summed E-state index contributed by atoms with van der Waals surface area (Å²) < 4.78 is 15.1. The third-order valence-electron chi connectivity index (χ3n) is 5.63. The van der Waals surface area contributed by atoms with Crippen LogP contribution < -0.4 is 11.1 Å². The molecular formula is C26H22FN5O. The van der Waals surface area contributed by atoms with E-state index in [9.17, 15) is 9.18 Å². The molecule has 0 saturated heterocycles. The minimum absolute atomic E-state index is 0.280. The number of para-hydroxylation sites is 2. The number of anilines is 2. The highest BCUT2D eigenvalue weighted by Crippen LogP contribution is 2.29. The zero-order valence-electron chi connectivity index (χ0n) is 18.0. The number of carbonyl (C=O) groups excluding carboxylic acids is 1. The van der Waals surface area contributed by atoms with Crippen molar-refractivity contribution < 1.29 is 9.18 Å². The number of halogens is 1. The van der Waals surface area contributed by atoms with Crippen LogP contribution in [0.1, 0.15) is 21.5 Å². The first-order chi connectivity index (χ1) is 16.0. The molecule has 3 N–H and O–H groups in total. The molecule has 0 unspecified atom stereocenters. The molecule has 0 bridgehead atoms. The lowest BCUT2D eigenvalue weighted by atomic mass is 10.1. The van der Waals surface area contributed by atoms with Gasteiger partial charge in [0.1, 0.15) is 22.7 Å². The second-order valence-corrected chi connectivity index (χ2v) is 8.00. The first kappa shape index (κ1) is 20.6. The molecule has 1 amide bonds. The molecule has 0 aliphatic rings. The Morgan fingerprint density at radius 1 is 1.00 bits per heavy atom. The van der Waals surface area contributed by atoms with Crippen molar-refractivity contribution in [3.8, 4) is 0 Å². The number of nitrogens with one attached hydrogen (secondary N) is 1. The number of rotatable bonds is 5. The number of benzene rings is 3. The average molecular weight is 439 g/mol. The normalized spacial score (nSPS) is 11.2. The summed E-state index contributed by atoms with van der Waals surface area (Å²) in [5.74, 6) is -0.321. The number of amides is 1. The largest absolute Gasteiger partial charge is 0.384 e. The molecule has 0 radical (unpaired) electrons. The fourth-order valence-electron chi connectivity index (χ4n) is 3.98. The summed E-state index contributed by atoms with van der Waals surface area (Å²) in [6.45, 7) is 2.43. The van der Waals surface area contributed by atoms with Crippen molar-refractivity contribution in [2.75, 3.05) is 11.1 Å². The van der Waals surface area contributed by atoms with Crippen LogP contribution in [-0.4, -0.2) is 20.4 Å². The molecule has 7 heteroatoms. The smallest absolute Gasteiger partial charge is 0.261 e. The Hall–Kier alpha value is -4.26. The highest BCUT2D eigenvalue weighted by Gasteiger charge is 2.24. The molecule has 164 valence electrons. The number of fused-ring (bicyclic) bond motifs is 2. The van der Waals surface area contributed by atoms with Crippen LogP contribution in [-0.2, 0) is 13.0 Å². The van der Waals surface area contributed by atoms with Crippen LogP contribution in [0.25, 0.3) is 22.2 Å². The van der Waals surface area contributed by atoms with Crippen LogP contribution in [0.3, 0.4) is 0 Å². The van der Waals surface area contributed by atoms with Crippen molar-refractivity contribution >= 4 is 39.6 Å². The number of nitrogens with two attached hydrogens (primary N) is 1. The molecule has 0 saturated carbocycles. The first-order valence-electron chi connectivity index (χ1n) is 10.7. The Morgan fingerprint density at radius 2 is 1.73 bits per heavy atom. The van der Waals surface area contributed by atoms with E-state index in [0.29, 0.717) is 46.7 Å². The molecule has 3 aromatic carbocycles. The minimum Gasteiger partial charge on any atom is -0.384 e. The maximum Gasteiger partial charge on any atom is 0.261 e. The lowest BCUT2D eigenvalue weighted by molar-refractivity contribution is 0.102. The minimum atomic E-state index is -0.340. The third-order valence-corrected chi connectivity index (χ3v) is 5.63. The molecule has 2 heterocycles. The van der Waals surface area contributed by atoms with Crippen molar-refractivity contribution in [3.05, 3.63) is 95.3 Å². The zero-order valence-corrected chi connectivity index (χ0v) is 18.0. The molecule has 0 aliphatic heterocycles. The lowest BCUT2D eigenvalue weighted by Gasteiger charge is -2.09. The maximum absolute atomic E-state index is 13.3. The van der Waals surface area contributed by atoms with Gasteiger partial charge >= 0.3 is 0 Å². The molecule has 2 aromatic heterocycles. The number of nitrogen functional groups attached to an aromatic ring is 1. The molecule has 33 heavy (non-hydrogen) atoms. The van der Waals surface area contributed by atoms with Crippen LogP contribution in [0, 0.1) is 12.7 Å². The van der Waals surface area contributed by atoms with E-state index in [1.165, 1.54) is 12.1 Å². The number of aromatic nitrogens is 3. The molecular weight excluding hydrogens is 417 g/mol. The van der Waals surface area contributed by atoms with Crippen LogP contribution in [0.15, 0.2) is 72.8 Å². The van der Waals surface area contributed by atoms with E-state index in [1.54, 1.807) is 12.1 Å². The van der Waals surface area contributed by atoms with Crippen LogP contribution in [0.4, 0.5) is 15.9 Å². The summed E-state index contributed by atoms with van der Waals surface area (Å²) in [5, 5.41) is 2.93. The van der Waals surface area contributed by atoms with Crippen LogP contribution in [0.2, 0.25) is 0 Å². The Kier molecular flexibility index (Phi) is 5.22. The predicted octanol–water partition coefficient (Wildman–Crippen LogP) is 5.11. The highest BCUT2D eigenvalue weighted by atomic mass is 19.1. The third kappa shape index (κ3) is 4.01. The van der Waals surface area contributed by atoms with E-state index < -0.39 is 0 Å². The van der Waals surface area contributed by atoms with Gasteiger partial charge in [-0.25, -0.2) is 14.4 Å². The summed E-state index contributed by atoms with van der Waals surface area (Å²) in [7, 11) is 0. The Labute approximate surface area is 189 Å². The molecule has 0 fully saturated rings. The number of aryl methyl sites for hydroxylation is 3. The SMILES string of the molecule is Cc1cccc(NC(=O)c2c(N)n(CCc3ccc(F)cc3)c3nc4ccccc4nc23)c1. The van der Waals surface area contributed by atoms with E-state index in [2.05, 4.69) is 5.32 Å². The van der Waals surface area contributed by atoms with Gasteiger partial charge in [0.25, 0.3) is 5.91 Å². The Morgan fingerprint density at radius 3 is 2.45 bits per heavy atom. The van der Waals surface area contributed by atoms with Crippen molar-refractivity contribution in [2.45, 2.75) is 19.9 Å². The van der Waals surface area contributed by atoms with Gasteiger partial charge in [-0.05, 0) is 60.9 Å². The van der Waals surface area contributed by atoms with Crippen molar-refractivity contribution in [2.24, 2.45) is 0 Å². The van der Waals surface area contributed by atoms with Gasteiger partial charge in [-0.3, -0.25) is 4.79 Å². The highest BCUT2D eigenvalue weighted by molar-refractivity contribution is 6.16. The summed E-state index contributed by atoms with van der Waals surface area (Å²) >= 11 is 0. The summed E-state index contributed by atoms with van der Waals surface area (Å²) in [5.41, 5.74) is 11.9. The quantitative estimate of drug-likeness (QED) is 0.399. The van der Waals surface area contributed by atoms with E-state index in [4.69, 9.17) is 15.7 Å². The zero-order chi connectivity index (χ0) is 22.9. The van der Waals surface area contributed by atoms with Crippen molar-refractivity contribution in [3.63, 3.8) is 0 Å². The van der Waals surface area contributed by atoms with Gasteiger partial charge in [0.05, 0.1) is 11.0 Å². The van der Waals surface area contributed by atoms with E-state index in [0.717, 1.165) is 16.6 Å². The van der Waals surface area contributed by atoms with Gasteiger partial charge in [0.2, 0.25) is 0 Å². The monoisotopic (exact) mass is 439 g/mol. The number of hydrogen-bond donors (Lipinski definition) is 2. The average Bonchev–Trinajstić information content (AvgIpc) is 3.07. The molecule has 0 spiro atoms. The second kappa shape index (κ2) is 8.35. The van der Waals surface area contributed by atoms with Crippen LogP contribution in [0.5, 0.6) is 0 Å². The van der Waals surface area contributed by atoms with Gasteiger partial charge in [-0.15, -0.1) is 0 Å². The van der Waals surface area contributed by atoms with Gasteiger partial charge in [-0.1, -0.05) is 36.4 Å². The van der Waals surface area contributed by atoms with E-state index in [-0.39, 0.29) is 11.7 Å². The predicted molar refractivity (Wildman–Crippen MR) is 129 cm³/mol. The lowest BCUT2D eigenvalue weighted by Crippen LogP contribution is -2.15. The Bertz CT molecular complexity index is 1490. The van der Waals surface area contributed by atoms with Crippen molar-refractivity contribution in [1.82, 2.24) is 14.5 Å². The van der Waals surface area contributed by atoms with Crippen LogP contribution >= 0.6 is 0 Å². The van der Waals surface area contributed by atoms with Gasteiger partial charge in [0.15, 0.2) is 5.65 Å².